The monoisotopic (exact) mass is 326 g/mol. The molecule has 0 unspecified atom stereocenters. The summed E-state index contributed by atoms with van der Waals surface area (Å²) < 4.78 is 26.2. The van der Waals surface area contributed by atoms with Crippen LogP contribution in [0.5, 0.6) is 0 Å². The lowest BCUT2D eigenvalue weighted by atomic mass is 10.1. The molecular formula is C14H12F2N2O3S. The van der Waals surface area contributed by atoms with Crippen LogP contribution in [0.25, 0.3) is 0 Å². The van der Waals surface area contributed by atoms with Gasteiger partial charge in [0.25, 0.3) is 5.91 Å². The molecule has 0 saturated heterocycles. The average Bonchev–Trinajstić information content (AvgIpc) is 2.78. The summed E-state index contributed by atoms with van der Waals surface area (Å²) in [6, 6.07) is 1.19. The molecule has 1 atom stereocenters. The molecule has 0 saturated carbocycles. The molecule has 1 aromatic heterocycles. The predicted molar refractivity (Wildman–Crippen MR) is 75.8 cm³/mol. The van der Waals surface area contributed by atoms with Crippen molar-refractivity contribution in [1.29, 1.82) is 0 Å². The highest BCUT2D eigenvalue weighted by Crippen LogP contribution is 2.21. The number of hydrogen-bond donors (Lipinski definition) is 2. The Morgan fingerprint density at radius 3 is 2.45 bits per heavy atom. The number of rotatable bonds is 4. The number of carbonyl (C=O) groups excluding carboxylic acids is 1. The molecule has 0 aliphatic heterocycles. The largest absolute Gasteiger partial charge is 0.479 e. The molecule has 116 valence electrons. The van der Waals surface area contributed by atoms with Gasteiger partial charge in [0.2, 0.25) is 0 Å². The highest BCUT2D eigenvalue weighted by atomic mass is 32.1. The molecule has 2 N–H and O–H groups in total. The molecule has 0 fully saturated rings. The fourth-order valence-corrected chi connectivity index (χ4v) is 2.74. The van der Waals surface area contributed by atoms with E-state index in [4.69, 9.17) is 0 Å². The number of aryl methyl sites for hydroxylation is 2. The summed E-state index contributed by atoms with van der Waals surface area (Å²) in [5.41, 5.74) is 0.424. The number of carboxylic acid groups (broad SMARTS) is 1. The summed E-state index contributed by atoms with van der Waals surface area (Å²) in [6.45, 7) is 3.35. The average molecular weight is 326 g/mol. The van der Waals surface area contributed by atoms with Crippen LogP contribution in [0, 0.1) is 25.5 Å². The zero-order chi connectivity index (χ0) is 16.4. The van der Waals surface area contributed by atoms with Crippen molar-refractivity contribution in [2.45, 2.75) is 19.9 Å². The minimum atomic E-state index is -1.48. The Morgan fingerprint density at radius 1 is 1.27 bits per heavy atom. The first-order valence-electron chi connectivity index (χ1n) is 6.22. The molecule has 22 heavy (non-hydrogen) atoms. The number of aromatic nitrogens is 1. The highest BCUT2D eigenvalue weighted by Gasteiger charge is 2.25. The standard InChI is InChI=1S/C14H12F2N2O3S/c1-6-12(22-7(2)17-6)13(19)18-11(14(20)21)8-3-4-9(15)10(16)5-8/h3-5,11H,1-2H3,(H,18,19)(H,20,21)/t11-/m1/s1. The minimum absolute atomic E-state index is 0.0568. The van der Waals surface area contributed by atoms with E-state index in [1.54, 1.807) is 13.8 Å². The zero-order valence-corrected chi connectivity index (χ0v) is 12.5. The molecule has 0 radical (unpaired) electrons. The Hall–Kier alpha value is -2.35. The topological polar surface area (TPSA) is 79.3 Å². The smallest absolute Gasteiger partial charge is 0.330 e. The Labute approximate surface area is 128 Å². The summed E-state index contributed by atoms with van der Waals surface area (Å²) in [6.07, 6.45) is 0. The predicted octanol–water partition coefficient (Wildman–Crippen LogP) is 2.59. The zero-order valence-electron chi connectivity index (χ0n) is 11.7. The summed E-state index contributed by atoms with van der Waals surface area (Å²) in [5, 5.41) is 12.2. The van der Waals surface area contributed by atoms with Crippen molar-refractivity contribution in [2.75, 3.05) is 0 Å². The van der Waals surface area contributed by atoms with E-state index in [9.17, 15) is 23.5 Å². The van der Waals surface area contributed by atoms with E-state index in [0.29, 0.717) is 10.7 Å². The van der Waals surface area contributed by atoms with Gasteiger partial charge < -0.3 is 10.4 Å². The van der Waals surface area contributed by atoms with Crippen molar-refractivity contribution < 1.29 is 23.5 Å². The van der Waals surface area contributed by atoms with Gasteiger partial charge >= 0.3 is 5.97 Å². The molecule has 0 bridgehead atoms. The van der Waals surface area contributed by atoms with E-state index in [2.05, 4.69) is 10.3 Å². The number of benzene rings is 1. The first-order chi connectivity index (χ1) is 10.3. The van der Waals surface area contributed by atoms with Gasteiger partial charge in [0.1, 0.15) is 4.88 Å². The third kappa shape index (κ3) is 3.28. The molecular weight excluding hydrogens is 314 g/mol. The number of thiazole rings is 1. The third-order valence-corrected chi connectivity index (χ3v) is 3.98. The van der Waals surface area contributed by atoms with Gasteiger partial charge in [0, 0.05) is 0 Å². The maximum Gasteiger partial charge on any atom is 0.330 e. The molecule has 0 aliphatic carbocycles. The van der Waals surface area contributed by atoms with Crippen LogP contribution in [0.3, 0.4) is 0 Å². The van der Waals surface area contributed by atoms with Crippen LogP contribution in [-0.4, -0.2) is 22.0 Å². The number of carbonyl (C=O) groups is 2. The van der Waals surface area contributed by atoms with Gasteiger partial charge in [-0.15, -0.1) is 11.3 Å². The van der Waals surface area contributed by atoms with E-state index in [-0.39, 0.29) is 10.4 Å². The fraction of sp³-hybridized carbons (Fsp3) is 0.214. The Balaban J connectivity index is 2.29. The molecule has 2 rings (SSSR count). The van der Waals surface area contributed by atoms with Crippen molar-refractivity contribution in [3.05, 3.63) is 51.0 Å². The van der Waals surface area contributed by atoms with Crippen LogP contribution < -0.4 is 5.32 Å². The van der Waals surface area contributed by atoms with Gasteiger partial charge in [0.05, 0.1) is 10.7 Å². The van der Waals surface area contributed by atoms with E-state index in [1.165, 1.54) is 0 Å². The number of amides is 1. The second kappa shape index (κ2) is 6.18. The molecule has 1 amide bonds. The number of aliphatic carboxylic acids is 1. The number of hydrogen-bond acceptors (Lipinski definition) is 4. The van der Waals surface area contributed by atoms with Crippen molar-refractivity contribution in [2.24, 2.45) is 0 Å². The van der Waals surface area contributed by atoms with E-state index < -0.39 is 29.6 Å². The van der Waals surface area contributed by atoms with Gasteiger partial charge in [-0.1, -0.05) is 6.07 Å². The van der Waals surface area contributed by atoms with Crippen LogP contribution in [0.15, 0.2) is 18.2 Å². The van der Waals surface area contributed by atoms with Gasteiger partial charge in [-0.25, -0.2) is 18.6 Å². The van der Waals surface area contributed by atoms with Gasteiger partial charge in [-0.2, -0.15) is 0 Å². The SMILES string of the molecule is Cc1nc(C)c(C(=O)N[C@@H](C(=O)O)c2ccc(F)c(F)c2)s1. The van der Waals surface area contributed by atoms with Crippen LogP contribution >= 0.6 is 11.3 Å². The number of nitrogens with zero attached hydrogens (tertiary/aromatic N) is 1. The Bertz CT molecular complexity index is 746. The van der Waals surface area contributed by atoms with E-state index >= 15 is 0 Å². The van der Waals surface area contributed by atoms with E-state index in [1.807, 2.05) is 0 Å². The van der Waals surface area contributed by atoms with Crippen LogP contribution in [-0.2, 0) is 4.79 Å². The lowest BCUT2D eigenvalue weighted by Gasteiger charge is -2.14. The Kier molecular flexibility index (Phi) is 4.51. The van der Waals surface area contributed by atoms with Crippen LogP contribution in [0.4, 0.5) is 8.78 Å². The lowest BCUT2D eigenvalue weighted by Crippen LogP contribution is -2.33. The molecule has 8 heteroatoms. The molecule has 1 heterocycles. The molecule has 0 aliphatic rings. The van der Waals surface area contributed by atoms with Gasteiger partial charge in [0.15, 0.2) is 17.7 Å². The summed E-state index contributed by atoms with van der Waals surface area (Å²) in [4.78, 5) is 27.8. The third-order valence-electron chi connectivity index (χ3n) is 2.91. The quantitative estimate of drug-likeness (QED) is 0.905. The maximum atomic E-state index is 13.2. The first-order valence-corrected chi connectivity index (χ1v) is 7.04. The van der Waals surface area contributed by atoms with Crippen molar-refractivity contribution in [1.82, 2.24) is 10.3 Å². The second-order valence-electron chi connectivity index (χ2n) is 4.57. The second-order valence-corrected chi connectivity index (χ2v) is 5.77. The summed E-state index contributed by atoms with van der Waals surface area (Å²) in [5.74, 6) is -4.27. The Morgan fingerprint density at radius 2 is 1.95 bits per heavy atom. The normalized spacial score (nSPS) is 12.0. The van der Waals surface area contributed by atoms with Gasteiger partial charge in [-0.3, -0.25) is 4.79 Å². The molecule has 1 aromatic carbocycles. The molecule has 5 nitrogen and oxygen atoms in total. The van der Waals surface area contributed by atoms with Crippen molar-refractivity contribution >= 4 is 23.2 Å². The first kappa shape index (κ1) is 16.0. The van der Waals surface area contributed by atoms with Crippen LogP contribution in [0.1, 0.15) is 32.0 Å². The van der Waals surface area contributed by atoms with Crippen LogP contribution in [0.2, 0.25) is 0 Å². The highest BCUT2D eigenvalue weighted by molar-refractivity contribution is 7.13. The van der Waals surface area contributed by atoms with Crippen molar-refractivity contribution in [3.63, 3.8) is 0 Å². The fourth-order valence-electron chi connectivity index (χ4n) is 1.92. The molecule has 2 aromatic rings. The van der Waals surface area contributed by atoms with Crippen molar-refractivity contribution in [3.8, 4) is 0 Å². The number of halogens is 2. The number of nitrogens with one attached hydrogen (secondary N) is 1. The van der Waals surface area contributed by atoms with Gasteiger partial charge in [-0.05, 0) is 31.5 Å². The van der Waals surface area contributed by atoms with E-state index in [0.717, 1.165) is 29.5 Å². The lowest BCUT2D eigenvalue weighted by molar-refractivity contribution is -0.139. The molecule has 0 spiro atoms. The summed E-state index contributed by atoms with van der Waals surface area (Å²) >= 11 is 1.13. The maximum absolute atomic E-state index is 13.2. The minimum Gasteiger partial charge on any atom is -0.479 e. The summed E-state index contributed by atoms with van der Waals surface area (Å²) in [7, 11) is 0. The number of carboxylic acids is 1.